The zero-order chi connectivity index (χ0) is 10.3. The second-order valence-electron chi connectivity index (χ2n) is 2.69. The zero-order valence-electron chi connectivity index (χ0n) is 6.70. The van der Waals surface area contributed by atoms with Crippen LogP contribution in [0, 0.1) is 10.1 Å². The number of nitrogens with zero attached hydrogens (tertiary/aromatic N) is 1. The number of rotatable bonds is 1. The second kappa shape index (κ2) is 2.95. The summed E-state index contributed by atoms with van der Waals surface area (Å²) in [6.45, 7) is 0. The van der Waals surface area contributed by atoms with Gasteiger partial charge in [0.1, 0.15) is 0 Å². The van der Waals surface area contributed by atoms with Crippen LogP contribution in [0.15, 0.2) is 21.4 Å². The highest BCUT2D eigenvalue weighted by Gasteiger charge is 2.11. The van der Waals surface area contributed by atoms with Crippen LogP contribution in [-0.4, -0.2) is 14.9 Å². The molecule has 0 amide bonds. The maximum absolute atomic E-state index is 10.9. The average molecular weight is 258 g/mol. The third kappa shape index (κ3) is 1.31. The van der Waals surface area contributed by atoms with Gasteiger partial charge in [-0.3, -0.25) is 10.1 Å². The Kier molecular flexibility index (Phi) is 1.88. The molecule has 14 heavy (non-hydrogen) atoms. The van der Waals surface area contributed by atoms with Crippen LogP contribution in [0.4, 0.5) is 5.69 Å². The number of nitro benzene ring substituents is 1. The average Bonchev–Trinajstić information content (AvgIpc) is 2.45. The van der Waals surface area contributed by atoms with Crippen molar-refractivity contribution in [2.24, 2.45) is 0 Å². The van der Waals surface area contributed by atoms with Crippen molar-refractivity contribution in [2.45, 2.75) is 0 Å². The van der Waals surface area contributed by atoms with Crippen LogP contribution in [0.1, 0.15) is 0 Å². The number of nitrogens with one attached hydrogen (secondary N) is 2. The molecule has 0 unspecified atom stereocenters. The first kappa shape index (κ1) is 8.95. The van der Waals surface area contributed by atoms with E-state index < -0.39 is 4.92 Å². The fourth-order valence-corrected chi connectivity index (χ4v) is 1.74. The SMILES string of the molecule is O=c1[nH]c2cc([N+](=O)[O-])cc(Br)c2[nH]1. The van der Waals surface area contributed by atoms with Gasteiger partial charge in [-0.05, 0) is 15.9 Å². The molecule has 2 aromatic rings. The Labute approximate surface area is 85.2 Å². The molecule has 2 rings (SSSR count). The molecule has 0 aliphatic rings. The lowest BCUT2D eigenvalue weighted by atomic mass is 10.3. The molecule has 1 heterocycles. The van der Waals surface area contributed by atoms with Gasteiger partial charge in [0.2, 0.25) is 0 Å². The second-order valence-corrected chi connectivity index (χ2v) is 3.54. The molecule has 0 saturated carbocycles. The molecule has 72 valence electrons. The number of hydrogen-bond acceptors (Lipinski definition) is 3. The van der Waals surface area contributed by atoms with E-state index in [2.05, 4.69) is 25.9 Å². The van der Waals surface area contributed by atoms with E-state index in [1.165, 1.54) is 12.1 Å². The van der Waals surface area contributed by atoms with Crippen molar-refractivity contribution in [3.05, 3.63) is 37.2 Å². The third-order valence-corrected chi connectivity index (χ3v) is 2.40. The normalized spacial score (nSPS) is 10.6. The van der Waals surface area contributed by atoms with Crippen molar-refractivity contribution in [3.63, 3.8) is 0 Å². The van der Waals surface area contributed by atoms with Crippen LogP contribution in [-0.2, 0) is 0 Å². The van der Waals surface area contributed by atoms with E-state index in [0.29, 0.717) is 15.5 Å². The Hall–Kier alpha value is -1.63. The largest absolute Gasteiger partial charge is 0.323 e. The van der Waals surface area contributed by atoms with E-state index in [-0.39, 0.29) is 11.4 Å². The first-order chi connectivity index (χ1) is 6.58. The summed E-state index contributed by atoms with van der Waals surface area (Å²) in [4.78, 5) is 25.8. The molecule has 1 aromatic carbocycles. The molecule has 0 radical (unpaired) electrons. The van der Waals surface area contributed by atoms with E-state index in [1.807, 2.05) is 0 Å². The fourth-order valence-electron chi connectivity index (χ4n) is 1.19. The summed E-state index contributed by atoms with van der Waals surface area (Å²) in [6, 6.07) is 2.64. The number of non-ortho nitro benzene ring substituents is 1. The number of aromatic nitrogens is 2. The number of imidazole rings is 1. The standard InChI is InChI=1S/C7H4BrN3O3/c8-4-1-3(11(13)14)2-5-6(4)10-7(12)9-5/h1-2H,(H2,9,10,12). The van der Waals surface area contributed by atoms with Gasteiger partial charge in [0.25, 0.3) is 5.69 Å². The minimum absolute atomic E-state index is 0.0698. The molecule has 2 N–H and O–H groups in total. The lowest BCUT2D eigenvalue weighted by Gasteiger charge is -1.94. The van der Waals surface area contributed by atoms with Crippen LogP contribution in [0.2, 0.25) is 0 Å². The monoisotopic (exact) mass is 257 g/mol. The molecule has 1 aromatic heterocycles. The highest BCUT2D eigenvalue weighted by molar-refractivity contribution is 9.10. The number of fused-ring (bicyclic) bond motifs is 1. The van der Waals surface area contributed by atoms with Gasteiger partial charge in [-0.1, -0.05) is 0 Å². The van der Waals surface area contributed by atoms with Gasteiger partial charge in [-0.2, -0.15) is 0 Å². The lowest BCUT2D eigenvalue weighted by molar-refractivity contribution is -0.384. The van der Waals surface area contributed by atoms with Gasteiger partial charge in [0.05, 0.1) is 20.4 Å². The van der Waals surface area contributed by atoms with Gasteiger partial charge in [0, 0.05) is 12.1 Å². The van der Waals surface area contributed by atoms with Crippen molar-refractivity contribution in [2.75, 3.05) is 0 Å². The number of H-pyrrole nitrogens is 2. The smallest absolute Gasteiger partial charge is 0.305 e. The molecule has 7 heteroatoms. The van der Waals surface area contributed by atoms with Crippen molar-refractivity contribution in [1.29, 1.82) is 0 Å². The number of aromatic amines is 2. The molecule has 0 atom stereocenters. The highest BCUT2D eigenvalue weighted by Crippen LogP contribution is 2.25. The molecule has 0 saturated heterocycles. The van der Waals surface area contributed by atoms with Crippen LogP contribution < -0.4 is 5.69 Å². The molecular weight excluding hydrogens is 254 g/mol. The van der Waals surface area contributed by atoms with Crippen LogP contribution in [0.3, 0.4) is 0 Å². The Balaban J connectivity index is 2.84. The Morgan fingerprint density at radius 2 is 2.07 bits per heavy atom. The number of halogens is 1. The van der Waals surface area contributed by atoms with Crippen molar-refractivity contribution >= 4 is 32.7 Å². The number of hydrogen-bond donors (Lipinski definition) is 2. The summed E-state index contributed by atoms with van der Waals surface area (Å²) in [5.41, 5.74) is 0.484. The first-order valence-electron chi connectivity index (χ1n) is 3.64. The minimum atomic E-state index is -0.518. The topological polar surface area (TPSA) is 91.8 Å². The fraction of sp³-hybridized carbons (Fsp3) is 0. The minimum Gasteiger partial charge on any atom is -0.305 e. The summed E-state index contributed by atoms with van der Waals surface area (Å²) in [6.07, 6.45) is 0. The van der Waals surface area contributed by atoms with Crippen molar-refractivity contribution < 1.29 is 4.92 Å². The lowest BCUT2D eigenvalue weighted by Crippen LogP contribution is -1.99. The molecule has 6 nitrogen and oxygen atoms in total. The first-order valence-corrected chi connectivity index (χ1v) is 4.43. The predicted molar refractivity (Wildman–Crippen MR) is 53.3 cm³/mol. The molecule has 0 bridgehead atoms. The van der Waals surface area contributed by atoms with Gasteiger partial charge >= 0.3 is 5.69 Å². The maximum atomic E-state index is 10.9. The molecular formula is C7H4BrN3O3. The van der Waals surface area contributed by atoms with Gasteiger partial charge in [-0.15, -0.1) is 0 Å². The summed E-state index contributed by atoms with van der Waals surface area (Å²) in [5.74, 6) is 0. The van der Waals surface area contributed by atoms with Gasteiger partial charge < -0.3 is 9.97 Å². The van der Waals surface area contributed by atoms with E-state index in [1.54, 1.807) is 0 Å². The van der Waals surface area contributed by atoms with E-state index >= 15 is 0 Å². The molecule has 0 aliphatic carbocycles. The molecule has 0 spiro atoms. The summed E-state index contributed by atoms with van der Waals surface area (Å²) in [5, 5.41) is 10.5. The molecule has 0 aliphatic heterocycles. The Morgan fingerprint density at radius 1 is 1.36 bits per heavy atom. The van der Waals surface area contributed by atoms with E-state index in [4.69, 9.17) is 0 Å². The van der Waals surface area contributed by atoms with Crippen LogP contribution >= 0.6 is 15.9 Å². The zero-order valence-corrected chi connectivity index (χ0v) is 8.29. The quantitative estimate of drug-likeness (QED) is 0.600. The van der Waals surface area contributed by atoms with Gasteiger partial charge in [0.15, 0.2) is 0 Å². The Bertz CT molecular complexity index is 571. The Morgan fingerprint density at radius 3 is 2.71 bits per heavy atom. The predicted octanol–water partition coefficient (Wildman–Crippen LogP) is 1.53. The van der Waals surface area contributed by atoms with E-state index in [9.17, 15) is 14.9 Å². The van der Waals surface area contributed by atoms with E-state index in [0.717, 1.165) is 0 Å². The summed E-state index contributed by atoms with van der Waals surface area (Å²) >= 11 is 3.13. The van der Waals surface area contributed by atoms with Crippen molar-refractivity contribution in [1.82, 2.24) is 9.97 Å². The molecule has 0 fully saturated rings. The maximum Gasteiger partial charge on any atom is 0.323 e. The van der Waals surface area contributed by atoms with Crippen LogP contribution in [0.25, 0.3) is 11.0 Å². The number of nitro groups is 1. The highest BCUT2D eigenvalue weighted by atomic mass is 79.9. The summed E-state index contributed by atoms with van der Waals surface area (Å²) in [7, 11) is 0. The van der Waals surface area contributed by atoms with Crippen LogP contribution in [0.5, 0.6) is 0 Å². The van der Waals surface area contributed by atoms with Gasteiger partial charge in [-0.25, -0.2) is 4.79 Å². The summed E-state index contributed by atoms with van der Waals surface area (Å²) < 4.78 is 0.486. The van der Waals surface area contributed by atoms with Crippen molar-refractivity contribution in [3.8, 4) is 0 Å². The third-order valence-electron chi connectivity index (χ3n) is 1.77. The number of benzene rings is 1.